The van der Waals surface area contributed by atoms with Gasteiger partial charge in [-0.3, -0.25) is 4.79 Å². The van der Waals surface area contributed by atoms with Crippen LogP contribution in [0.3, 0.4) is 0 Å². The van der Waals surface area contributed by atoms with Gasteiger partial charge in [0.2, 0.25) is 5.91 Å². The van der Waals surface area contributed by atoms with Crippen LogP contribution in [0.1, 0.15) is 25.7 Å². The zero-order chi connectivity index (χ0) is 14.5. The quantitative estimate of drug-likeness (QED) is 0.865. The Labute approximate surface area is 119 Å². The van der Waals surface area contributed by atoms with Gasteiger partial charge < -0.3 is 20.5 Å². The number of hydrogen-bond donors (Lipinski definition) is 2. The van der Waals surface area contributed by atoms with Gasteiger partial charge in [0.15, 0.2) is 0 Å². The van der Waals surface area contributed by atoms with E-state index in [1.165, 1.54) is 0 Å². The number of nitrogens with two attached hydrogens (primary N) is 1. The van der Waals surface area contributed by atoms with Crippen LogP contribution < -0.4 is 20.5 Å². The maximum Gasteiger partial charge on any atom is 0.224 e. The molecule has 0 saturated heterocycles. The molecule has 1 saturated carbocycles. The van der Waals surface area contributed by atoms with Crippen molar-refractivity contribution in [3.8, 4) is 11.5 Å². The van der Waals surface area contributed by atoms with Gasteiger partial charge in [-0.1, -0.05) is 6.42 Å². The van der Waals surface area contributed by atoms with Crippen molar-refractivity contribution >= 4 is 11.6 Å². The zero-order valence-corrected chi connectivity index (χ0v) is 12.0. The first kappa shape index (κ1) is 14.7. The smallest absolute Gasteiger partial charge is 0.224 e. The minimum Gasteiger partial charge on any atom is -0.497 e. The van der Waals surface area contributed by atoms with Crippen LogP contribution in [0.2, 0.25) is 0 Å². The molecule has 0 aromatic heterocycles. The Morgan fingerprint density at radius 1 is 1.25 bits per heavy atom. The number of carbonyl (C=O) groups excluding carboxylic acids is 1. The van der Waals surface area contributed by atoms with Gasteiger partial charge in [0.25, 0.3) is 0 Å². The predicted octanol–water partition coefficient (Wildman–Crippen LogP) is 2.16. The highest BCUT2D eigenvalue weighted by atomic mass is 16.5. The van der Waals surface area contributed by atoms with Crippen molar-refractivity contribution in [3.63, 3.8) is 0 Å². The molecule has 3 N–H and O–H groups in total. The highest BCUT2D eigenvalue weighted by molar-refractivity contribution is 5.91. The second-order valence-electron chi connectivity index (χ2n) is 5.21. The fourth-order valence-electron chi connectivity index (χ4n) is 2.65. The lowest BCUT2D eigenvalue weighted by Gasteiger charge is -2.15. The summed E-state index contributed by atoms with van der Waals surface area (Å²) in [5.74, 6) is 1.58. The predicted molar refractivity (Wildman–Crippen MR) is 78.1 cm³/mol. The third-order valence-electron chi connectivity index (χ3n) is 3.80. The molecule has 20 heavy (non-hydrogen) atoms. The Bertz CT molecular complexity index is 454. The molecule has 1 aliphatic rings. The molecule has 5 heteroatoms. The number of ether oxygens (including phenoxy) is 2. The molecule has 1 amide bonds. The summed E-state index contributed by atoms with van der Waals surface area (Å²) in [6.07, 6.45) is 3.65. The van der Waals surface area contributed by atoms with Crippen molar-refractivity contribution in [2.24, 2.45) is 11.7 Å². The van der Waals surface area contributed by atoms with E-state index in [1.807, 2.05) is 0 Å². The summed E-state index contributed by atoms with van der Waals surface area (Å²) < 4.78 is 10.4. The topological polar surface area (TPSA) is 73.6 Å². The maximum absolute atomic E-state index is 12.1. The lowest BCUT2D eigenvalue weighted by Crippen LogP contribution is -2.28. The Morgan fingerprint density at radius 2 is 1.90 bits per heavy atom. The van der Waals surface area contributed by atoms with E-state index in [4.69, 9.17) is 15.2 Å². The van der Waals surface area contributed by atoms with Crippen LogP contribution in [-0.4, -0.2) is 26.2 Å². The fraction of sp³-hybridized carbons (Fsp3) is 0.533. The SMILES string of the molecule is COc1cc(NC(=O)C[C@@H]2CCC[C@H]2N)cc(OC)c1. The number of carbonyl (C=O) groups is 1. The van der Waals surface area contributed by atoms with E-state index < -0.39 is 0 Å². The largest absolute Gasteiger partial charge is 0.497 e. The third kappa shape index (κ3) is 3.63. The van der Waals surface area contributed by atoms with Gasteiger partial charge in [-0.15, -0.1) is 0 Å². The second kappa shape index (κ2) is 6.61. The average Bonchev–Trinajstić information content (AvgIpc) is 2.83. The molecule has 1 aromatic carbocycles. The lowest BCUT2D eigenvalue weighted by atomic mass is 10.00. The summed E-state index contributed by atoms with van der Waals surface area (Å²) >= 11 is 0. The molecule has 0 aliphatic heterocycles. The van der Waals surface area contributed by atoms with Gasteiger partial charge in [0, 0.05) is 36.3 Å². The van der Waals surface area contributed by atoms with Gasteiger partial charge in [-0.05, 0) is 18.8 Å². The normalized spacial score (nSPS) is 21.6. The molecule has 1 fully saturated rings. The van der Waals surface area contributed by atoms with E-state index in [0.717, 1.165) is 19.3 Å². The van der Waals surface area contributed by atoms with Crippen molar-refractivity contribution in [3.05, 3.63) is 18.2 Å². The first-order chi connectivity index (χ1) is 9.62. The van der Waals surface area contributed by atoms with E-state index >= 15 is 0 Å². The summed E-state index contributed by atoms with van der Waals surface area (Å²) in [5, 5.41) is 2.88. The van der Waals surface area contributed by atoms with Gasteiger partial charge in [0.05, 0.1) is 14.2 Å². The Balaban J connectivity index is 1.99. The van der Waals surface area contributed by atoms with Crippen molar-refractivity contribution in [1.82, 2.24) is 0 Å². The molecule has 0 unspecified atom stereocenters. The number of methoxy groups -OCH3 is 2. The van der Waals surface area contributed by atoms with E-state index in [9.17, 15) is 4.79 Å². The molecule has 2 atom stereocenters. The highest BCUT2D eigenvalue weighted by Gasteiger charge is 2.26. The van der Waals surface area contributed by atoms with Gasteiger partial charge in [0.1, 0.15) is 11.5 Å². The molecule has 0 radical (unpaired) electrons. The van der Waals surface area contributed by atoms with Crippen molar-refractivity contribution in [1.29, 1.82) is 0 Å². The van der Waals surface area contributed by atoms with Crippen LogP contribution in [0, 0.1) is 5.92 Å². The minimum atomic E-state index is -0.0114. The summed E-state index contributed by atoms with van der Waals surface area (Å²) in [6.45, 7) is 0. The van der Waals surface area contributed by atoms with E-state index in [0.29, 0.717) is 29.5 Å². The third-order valence-corrected chi connectivity index (χ3v) is 3.80. The minimum absolute atomic E-state index is 0.0114. The molecule has 2 rings (SSSR count). The molecular weight excluding hydrogens is 256 g/mol. The van der Waals surface area contributed by atoms with Gasteiger partial charge in [-0.25, -0.2) is 0 Å². The number of rotatable bonds is 5. The number of amides is 1. The molecule has 0 heterocycles. The molecule has 1 aromatic rings. The second-order valence-corrected chi connectivity index (χ2v) is 5.21. The van der Waals surface area contributed by atoms with Crippen LogP contribution in [0.15, 0.2) is 18.2 Å². The van der Waals surface area contributed by atoms with E-state index in [-0.39, 0.29) is 11.9 Å². The highest BCUT2D eigenvalue weighted by Crippen LogP contribution is 2.29. The van der Waals surface area contributed by atoms with Crippen LogP contribution in [0.25, 0.3) is 0 Å². The standard InChI is InChI=1S/C15H22N2O3/c1-19-12-7-11(8-13(9-12)20-2)17-15(18)6-10-4-3-5-14(10)16/h7-10,14H,3-6,16H2,1-2H3,(H,17,18)/t10-,14+/m0/s1. The molecule has 110 valence electrons. The van der Waals surface area contributed by atoms with Crippen LogP contribution in [0.4, 0.5) is 5.69 Å². The monoisotopic (exact) mass is 278 g/mol. The first-order valence-electron chi connectivity index (χ1n) is 6.91. The Morgan fingerprint density at radius 3 is 2.40 bits per heavy atom. The molecule has 0 spiro atoms. The maximum atomic E-state index is 12.1. The molecule has 5 nitrogen and oxygen atoms in total. The lowest BCUT2D eigenvalue weighted by molar-refractivity contribution is -0.117. The fourth-order valence-corrected chi connectivity index (χ4v) is 2.65. The molecule has 0 bridgehead atoms. The van der Waals surface area contributed by atoms with E-state index in [1.54, 1.807) is 32.4 Å². The number of nitrogens with one attached hydrogen (secondary N) is 1. The molecular formula is C15H22N2O3. The number of anilines is 1. The van der Waals surface area contributed by atoms with Crippen LogP contribution >= 0.6 is 0 Å². The van der Waals surface area contributed by atoms with Crippen molar-refractivity contribution in [2.45, 2.75) is 31.7 Å². The summed E-state index contributed by atoms with van der Waals surface area (Å²) in [7, 11) is 3.16. The number of hydrogen-bond acceptors (Lipinski definition) is 4. The van der Waals surface area contributed by atoms with Crippen molar-refractivity contribution in [2.75, 3.05) is 19.5 Å². The van der Waals surface area contributed by atoms with E-state index in [2.05, 4.69) is 5.32 Å². The summed E-state index contributed by atoms with van der Waals surface area (Å²) in [4.78, 5) is 12.1. The first-order valence-corrected chi connectivity index (χ1v) is 6.91. The van der Waals surface area contributed by atoms with Gasteiger partial charge >= 0.3 is 0 Å². The van der Waals surface area contributed by atoms with Crippen LogP contribution in [-0.2, 0) is 4.79 Å². The molecule has 1 aliphatic carbocycles. The van der Waals surface area contributed by atoms with Gasteiger partial charge in [-0.2, -0.15) is 0 Å². The van der Waals surface area contributed by atoms with Crippen LogP contribution in [0.5, 0.6) is 11.5 Å². The Hall–Kier alpha value is -1.75. The summed E-state index contributed by atoms with van der Waals surface area (Å²) in [6, 6.07) is 5.47. The summed E-state index contributed by atoms with van der Waals surface area (Å²) in [5.41, 5.74) is 6.67. The zero-order valence-electron chi connectivity index (χ0n) is 12.0. The van der Waals surface area contributed by atoms with Crippen molar-refractivity contribution < 1.29 is 14.3 Å². The average molecular weight is 278 g/mol. The Kier molecular flexibility index (Phi) is 4.84. The number of benzene rings is 1.